The molecule has 0 saturated carbocycles. The molecule has 0 atom stereocenters. The van der Waals surface area contributed by atoms with Gasteiger partial charge in [-0.25, -0.2) is 0 Å². The van der Waals surface area contributed by atoms with Crippen LogP contribution in [0.15, 0.2) is 24.3 Å². The molecule has 0 amide bonds. The van der Waals surface area contributed by atoms with Crippen molar-refractivity contribution in [3.63, 3.8) is 0 Å². The molecule has 0 unspecified atom stereocenters. The van der Waals surface area contributed by atoms with Crippen LogP contribution < -0.4 is 0 Å². The average molecular weight is 264 g/mol. The molecule has 0 bridgehead atoms. The molecule has 0 aliphatic heterocycles. The van der Waals surface area contributed by atoms with Gasteiger partial charge < -0.3 is 0 Å². The highest BCUT2D eigenvalue weighted by Crippen LogP contribution is 2.07. The van der Waals surface area contributed by atoms with Crippen molar-refractivity contribution in [1.82, 2.24) is 0 Å². The Morgan fingerprint density at radius 3 is 2.11 bits per heavy atom. The summed E-state index contributed by atoms with van der Waals surface area (Å²) >= 11 is 0. The summed E-state index contributed by atoms with van der Waals surface area (Å²) in [7, 11) is 0. The first kappa shape index (κ1) is 18.1. The van der Waals surface area contributed by atoms with E-state index in [4.69, 9.17) is 0 Å². The van der Waals surface area contributed by atoms with E-state index in [2.05, 4.69) is 31.2 Å². The highest BCUT2D eigenvalue weighted by molar-refractivity contribution is 5.78. The van der Waals surface area contributed by atoms with Crippen LogP contribution >= 0.6 is 0 Å². The van der Waals surface area contributed by atoms with Gasteiger partial charge in [-0.05, 0) is 25.7 Å². The Morgan fingerprint density at radius 2 is 1.42 bits per heavy atom. The molecule has 0 spiro atoms. The number of carbonyl (C=O) groups excluding carboxylic acids is 1. The van der Waals surface area contributed by atoms with E-state index in [0.29, 0.717) is 18.6 Å². The number of rotatable bonds is 13. The number of ketones is 1. The van der Waals surface area contributed by atoms with Crippen LogP contribution in [0.1, 0.15) is 84.5 Å². The van der Waals surface area contributed by atoms with Crippen LogP contribution in [0.5, 0.6) is 0 Å². The van der Waals surface area contributed by atoms with E-state index >= 15 is 0 Å². The van der Waals surface area contributed by atoms with Gasteiger partial charge in [0.25, 0.3) is 0 Å². The number of hydrogen-bond acceptors (Lipinski definition) is 1. The Hall–Kier alpha value is -0.850. The molecule has 0 heterocycles. The summed E-state index contributed by atoms with van der Waals surface area (Å²) in [4.78, 5) is 11.1. The fourth-order valence-electron chi connectivity index (χ4n) is 1.97. The highest BCUT2D eigenvalue weighted by atomic mass is 16.1. The van der Waals surface area contributed by atoms with Crippen molar-refractivity contribution in [3.8, 4) is 0 Å². The lowest BCUT2D eigenvalue weighted by Gasteiger charge is -1.97. The van der Waals surface area contributed by atoms with E-state index in [1.807, 2.05) is 6.92 Å². The van der Waals surface area contributed by atoms with Crippen LogP contribution in [0.4, 0.5) is 0 Å². The zero-order chi connectivity index (χ0) is 14.2. The second-order valence-corrected chi connectivity index (χ2v) is 5.17. The molecule has 1 nitrogen and oxygen atoms in total. The van der Waals surface area contributed by atoms with Gasteiger partial charge in [-0.15, -0.1) is 0 Å². The summed E-state index contributed by atoms with van der Waals surface area (Å²) in [5.74, 6) is 0.364. The lowest BCUT2D eigenvalue weighted by molar-refractivity contribution is -0.118. The fraction of sp³-hybridized carbons (Fsp3) is 0.722. The maximum absolute atomic E-state index is 11.1. The number of carbonyl (C=O) groups is 1. The number of unbranched alkanes of at least 4 members (excludes halogenated alkanes) is 6. The predicted molar refractivity (Wildman–Crippen MR) is 85.4 cm³/mol. The molecule has 0 aliphatic carbocycles. The summed E-state index contributed by atoms with van der Waals surface area (Å²) in [6.07, 6.45) is 21.6. The quantitative estimate of drug-likeness (QED) is 0.294. The smallest absolute Gasteiger partial charge is 0.132 e. The third-order valence-electron chi connectivity index (χ3n) is 3.31. The van der Waals surface area contributed by atoms with Crippen LogP contribution in [0.25, 0.3) is 0 Å². The van der Waals surface area contributed by atoms with Gasteiger partial charge in [0.1, 0.15) is 5.78 Å². The zero-order valence-corrected chi connectivity index (χ0v) is 13.0. The van der Waals surface area contributed by atoms with Crippen LogP contribution in [0.2, 0.25) is 0 Å². The van der Waals surface area contributed by atoms with Crippen molar-refractivity contribution >= 4 is 5.78 Å². The molecule has 1 heteroatoms. The average Bonchev–Trinajstić information content (AvgIpc) is 2.43. The summed E-state index contributed by atoms with van der Waals surface area (Å²) in [5, 5.41) is 0. The van der Waals surface area contributed by atoms with E-state index in [0.717, 1.165) is 12.8 Å². The number of allylic oxidation sites excluding steroid dienone is 4. The second kappa shape index (κ2) is 15.2. The van der Waals surface area contributed by atoms with Crippen molar-refractivity contribution < 1.29 is 4.79 Å². The monoisotopic (exact) mass is 264 g/mol. The van der Waals surface area contributed by atoms with Crippen molar-refractivity contribution in [1.29, 1.82) is 0 Å². The number of hydrogen-bond donors (Lipinski definition) is 0. The predicted octanol–water partition coefficient (Wildman–Crippen LogP) is 6.00. The third kappa shape index (κ3) is 15.1. The Labute approximate surface area is 120 Å². The molecule has 0 N–H and O–H groups in total. The molecular weight excluding hydrogens is 232 g/mol. The summed E-state index contributed by atoms with van der Waals surface area (Å²) in [6.45, 7) is 4.19. The maximum Gasteiger partial charge on any atom is 0.132 e. The van der Waals surface area contributed by atoms with Crippen LogP contribution in [0.3, 0.4) is 0 Å². The van der Waals surface area contributed by atoms with Crippen LogP contribution in [-0.4, -0.2) is 5.78 Å². The second-order valence-electron chi connectivity index (χ2n) is 5.17. The molecule has 0 radical (unpaired) electrons. The normalized spacial score (nSPS) is 11.7. The largest absolute Gasteiger partial charge is 0.300 e. The van der Waals surface area contributed by atoms with E-state index < -0.39 is 0 Å². The maximum atomic E-state index is 11.1. The fourth-order valence-corrected chi connectivity index (χ4v) is 1.97. The van der Waals surface area contributed by atoms with Gasteiger partial charge in [0.15, 0.2) is 0 Å². The molecule has 0 fully saturated rings. The molecule has 0 aliphatic rings. The van der Waals surface area contributed by atoms with E-state index in [9.17, 15) is 4.79 Å². The molecule has 110 valence electrons. The van der Waals surface area contributed by atoms with Crippen molar-refractivity contribution in [2.45, 2.75) is 84.5 Å². The van der Waals surface area contributed by atoms with Crippen molar-refractivity contribution in [2.24, 2.45) is 0 Å². The Balaban J connectivity index is 3.25. The Bertz CT molecular complexity index is 250. The molecule has 0 aromatic rings. The van der Waals surface area contributed by atoms with Gasteiger partial charge in [-0.2, -0.15) is 0 Å². The first-order valence-corrected chi connectivity index (χ1v) is 8.13. The molecule has 0 aromatic heterocycles. The molecule has 0 rings (SSSR count). The minimum Gasteiger partial charge on any atom is -0.300 e. The topological polar surface area (TPSA) is 17.1 Å². The van der Waals surface area contributed by atoms with Gasteiger partial charge in [0.2, 0.25) is 0 Å². The molecular formula is C18H32O. The molecule has 19 heavy (non-hydrogen) atoms. The Kier molecular flexibility index (Phi) is 14.5. The van der Waals surface area contributed by atoms with Crippen molar-refractivity contribution in [2.75, 3.05) is 0 Å². The standard InChI is InChI=1S/C18H32O/c1-3-5-6-7-8-9-10-11-12-13-14-15-16-17-18(19)4-2/h11-12,14-15H,3-10,13,16-17H2,1-2H3/b12-11-,15-14-. The van der Waals surface area contributed by atoms with Crippen molar-refractivity contribution in [3.05, 3.63) is 24.3 Å². The Morgan fingerprint density at radius 1 is 0.789 bits per heavy atom. The summed E-state index contributed by atoms with van der Waals surface area (Å²) in [6, 6.07) is 0. The lowest BCUT2D eigenvalue weighted by atomic mass is 10.1. The van der Waals surface area contributed by atoms with E-state index in [1.54, 1.807) is 0 Å². The third-order valence-corrected chi connectivity index (χ3v) is 3.31. The highest BCUT2D eigenvalue weighted by Gasteiger charge is 1.93. The van der Waals surface area contributed by atoms with Crippen LogP contribution in [0, 0.1) is 0 Å². The minimum atomic E-state index is 0.364. The van der Waals surface area contributed by atoms with Gasteiger partial charge in [0, 0.05) is 12.8 Å². The number of Topliss-reactive ketones (excluding diaryl/α,β-unsaturated/α-hetero) is 1. The molecule has 0 saturated heterocycles. The van der Waals surface area contributed by atoms with Crippen LogP contribution in [-0.2, 0) is 4.79 Å². The van der Waals surface area contributed by atoms with E-state index in [1.165, 1.54) is 44.9 Å². The zero-order valence-electron chi connectivity index (χ0n) is 13.0. The van der Waals surface area contributed by atoms with Gasteiger partial charge in [0.05, 0.1) is 0 Å². The minimum absolute atomic E-state index is 0.364. The first-order valence-electron chi connectivity index (χ1n) is 8.13. The first-order chi connectivity index (χ1) is 9.31. The van der Waals surface area contributed by atoms with Gasteiger partial charge >= 0.3 is 0 Å². The van der Waals surface area contributed by atoms with E-state index in [-0.39, 0.29) is 0 Å². The lowest BCUT2D eigenvalue weighted by Crippen LogP contribution is -1.92. The van der Waals surface area contributed by atoms with Gasteiger partial charge in [-0.1, -0.05) is 70.3 Å². The van der Waals surface area contributed by atoms with Gasteiger partial charge in [-0.3, -0.25) is 4.79 Å². The SMILES string of the molecule is CCCCCCCC/C=C\C/C=C\CCC(=O)CC. The summed E-state index contributed by atoms with van der Waals surface area (Å²) in [5.41, 5.74) is 0. The molecule has 0 aromatic carbocycles. The summed E-state index contributed by atoms with van der Waals surface area (Å²) < 4.78 is 0.